The number of amides is 2. The van der Waals surface area contributed by atoms with E-state index in [1.165, 1.54) is 6.42 Å². The van der Waals surface area contributed by atoms with Crippen molar-refractivity contribution in [2.45, 2.75) is 58.4 Å². The number of nitrogens with one attached hydrogen (secondary N) is 1. The van der Waals surface area contributed by atoms with E-state index < -0.39 is 5.97 Å². The fraction of sp³-hybridized carbons (Fsp3) is 0.857. The summed E-state index contributed by atoms with van der Waals surface area (Å²) in [5.74, 6) is -0.0165. The van der Waals surface area contributed by atoms with Gasteiger partial charge in [-0.3, -0.25) is 4.79 Å². The van der Waals surface area contributed by atoms with Crippen molar-refractivity contribution in [2.75, 3.05) is 13.1 Å². The molecule has 1 unspecified atom stereocenters. The van der Waals surface area contributed by atoms with E-state index in [0.29, 0.717) is 12.8 Å². The van der Waals surface area contributed by atoms with Gasteiger partial charge in [0.15, 0.2) is 0 Å². The zero-order chi connectivity index (χ0) is 14.3. The topological polar surface area (TPSA) is 69.6 Å². The number of carbonyl (C=O) groups excluding carboxylic acids is 1. The molecule has 1 saturated heterocycles. The minimum absolute atomic E-state index is 0.00243. The first-order valence-electron chi connectivity index (χ1n) is 7.30. The number of carboxylic acid groups (broad SMARTS) is 1. The molecule has 0 spiro atoms. The lowest BCUT2D eigenvalue weighted by atomic mass is 9.95. The lowest BCUT2D eigenvalue weighted by molar-refractivity contribution is -0.137. The minimum Gasteiger partial charge on any atom is -0.481 e. The highest BCUT2D eigenvalue weighted by atomic mass is 16.4. The molecule has 5 heteroatoms. The summed E-state index contributed by atoms with van der Waals surface area (Å²) in [5, 5.41) is 11.5. The SMILES string of the molecule is CCC1CCN(C(=O)NC(C)CCCC(=O)O)CC1. The van der Waals surface area contributed by atoms with E-state index in [-0.39, 0.29) is 18.5 Å². The van der Waals surface area contributed by atoms with Gasteiger partial charge < -0.3 is 15.3 Å². The van der Waals surface area contributed by atoms with Crippen LogP contribution in [0, 0.1) is 5.92 Å². The largest absolute Gasteiger partial charge is 0.481 e. The van der Waals surface area contributed by atoms with Crippen LogP contribution in [0.1, 0.15) is 52.4 Å². The Balaban J connectivity index is 2.21. The monoisotopic (exact) mass is 270 g/mol. The standard InChI is InChI=1S/C14H26N2O3/c1-3-12-7-9-16(10-8-12)14(19)15-11(2)5-4-6-13(17)18/h11-12H,3-10H2,1-2H3,(H,15,19)(H,17,18). The summed E-state index contributed by atoms with van der Waals surface area (Å²) in [7, 11) is 0. The van der Waals surface area contributed by atoms with E-state index in [9.17, 15) is 9.59 Å². The van der Waals surface area contributed by atoms with Crippen LogP contribution < -0.4 is 5.32 Å². The lowest BCUT2D eigenvalue weighted by Gasteiger charge is -2.32. The molecule has 1 atom stereocenters. The Morgan fingerprint density at radius 2 is 2.00 bits per heavy atom. The van der Waals surface area contributed by atoms with Gasteiger partial charge in [-0.1, -0.05) is 13.3 Å². The van der Waals surface area contributed by atoms with Crippen molar-refractivity contribution in [3.8, 4) is 0 Å². The van der Waals surface area contributed by atoms with Crippen LogP contribution >= 0.6 is 0 Å². The molecule has 1 aliphatic heterocycles. The molecule has 0 saturated carbocycles. The van der Waals surface area contributed by atoms with Crippen LogP contribution in [-0.4, -0.2) is 41.1 Å². The van der Waals surface area contributed by atoms with E-state index in [0.717, 1.165) is 31.8 Å². The van der Waals surface area contributed by atoms with Crippen molar-refractivity contribution in [3.05, 3.63) is 0 Å². The van der Waals surface area contributed by atoms with Gasteiger partial charge in [-0.25, -0.2) is 4.79 Å². The summed E-state index contributed by atoms with van der Waals surface area (Å²) in [4.78, 5) is 24.3. The fourth-order valence-electron chi connectivity index (χ4n) is 2.48. The van der Waals surface area contributed by atoms with Crippen LogP contribution in [0.5, 0.6) is 0 Å². The van der Waals surface area contributed by atoms with E-state index in [1.54, 1.807) is 0 Å². The number of urea groups is 1. The second kappa shape index (κ2) is 8.02. The normalized spacial score (nSPS) is 18.1. The highest BCUT2D eigenvalue weighted by Crippen LogP contribution is 2.19. The Morgan fingerprint density at radius 1 is 1.37 bits per heavy atom. The minimum atomic E-state index is -0.778. The highest BCUT2D eigenvalue weighted by molar-refractivity contribution is 5.74. The maximum atomic E-state index is 12.0. The molecular weight excluding hydrogens is 244 g/mol. The highest BCUT2D eigenvalue weighted by Gasteiger charge is 2.22. The first kappa shape index (κ1) is 15.8. The molecule has 1 aliphatic rings. The van der Waals surface area contributed by atoms with E-state index >= 15 is 0 Å². The third kappa shape index (κ3) is 5.94. The maximum Gasteiger partial charge on any atom is 0.317 e. The van der Waals surface area contributed by atoms with Gasteiger partial charge in [0.2, 0.25) is 0 Å². The van der Waals surface area contributed by atoms with Gasteiger partial charge in [-0.15, -0.1) is 0 Å². The summed E-state index contributed by atoms with van der Waals surface area (Å²) >= 11 is 0. The number of carbonyl (C=O) groups is 2. The average molecular weight is 270 g/mol. The van der Waals surface area contributed by atoms with Crippen LogP contribution in [0.25, 0.3) is 0 Å². The number of nitrogens with zero attached hydrogens (tertiary/aromatic N) is 1. The Hall–Kier alpha value is -1.26. The van der Waals surface area contributed by atoms with Crippen molar-refractivity contribution in [2.24, 2.45) is 5.92 Å². The van der Waals surface area contributed by atoms with E-state index in [2.05, 4.69) is 12.2 Å². The van der Waals surface area contributed by atoms with Gasteiger partial charge >= 0.3 is 12.0 Å². The van der Waals surface area contributed by atoms with Crippen LogP contribution in [0.3, 0.4) is 0 Å². The van der Waals surface area contributed by atoms with Gasteiger partial charge in [-0.05, 0) is 38.5 Å². The number of rotatable bonds is 6. The summed E-state index contributed by atoms with van der Waals surface area (Å²) in [6.45, 7) is 5.81. The molecule has 0 aromatic carbocycles. The molecule has 0 aromatic rings. The Bertz CT molecular complexity index is 299. The molecule has 0 radical (unpaired) electrons. The van der Waals surface area contributed by atoms with Crippen molar-refractivity contribution in [3.63, 3.8) is 0 Å². The van der Waals surface area contributed by atoms with Gasteiger partial charge in [0.05, 0.1) is 0 Å². The van der Waals surface area contributed by atoms with Gasteiger partial charge in [0, 0.05) is 25.6 Å². The molecule has 0 aliphatic carbocycles. The van der Waals surface area contributed by atoms with Crippen LogP contribution in [-0.2, 0) is 4.79 Å². The van der Waals surface area contributed by atoms with Crippen molar-refractivity contribution < 1.29 is 14.7 Å². The van der Waals surface area contributed by atoms with Crippen LogP contribution in [0.2, 0.25) is 0 Å². The number of aliphatic carboxylic acids is 1. The third-order valence-electron chi connectivity index (χ3n) is 3.88. The molecule has 1 fully saturated rings. The van der Waals surface area contributed by atoms with E-state index in [1.807, 2.05) is 11.8 Å². The summed E-state index contributed by atoms with van der Waals surface area (Å²) in [5.41, 5.74) is 0. The Kier molecular flexibility index (Phi) is 6.67. The third-order valence-corrected chi connectivity index (χ3v) is 3.88. The summed E-state index contributed by atoms with van der Waals surface area (Å²) in [6, 6.07) is 0.0353. The predicted octanol–water partition coefficient (Wildman–Crippen LogP) is 2.46. The first-order chi connectivity index (χ1) is 9.02. The van der Waals surface area contributed by atoms with Crippen LogP contribution in [0.4, 0.5) is 4.79 Å². The number of hydrogen-bond donors (Lipinski definition) is 2. The molecule has 19 heavy (non-hydrogen) atoms. The fourth-order valence-corrected chi connectivity index (χ4v) is 2.48. The number of likely N-dealkylation sites (tertiary alicyclic amines) is 1. The summed E-state index contributed by atoms with van der Waals surface area (Å²) < 4.78 is 0. The van der Waals surface area contributed by atoms with Gasteiger partial charge in [-0.2, -0.15) is 0 Å². The zero-order valence-corrected chi connectivity index (χ0v) is 12.0. The predicted molar refractivity (Wildman–Crippen MR) is 74.1 cm³/mol. The lowest BCUT2D eigenvalue weighted by Crippen LogP contribution is -2.47. The van der Waals surface area contributed by atoms with Crippen molar-refractivity contribution in [1.82, 2.24) is 10.2 Å². The summed E-state index contributed by atoms with van der Waals surface area (Å²) in [6.07, 6.45) is 4.87. The smallest absolute Gasteiger partial charge is 0.317 e. The molecule has 0 bridgehead atoms. The van der Waals surface area contributed by atoms with Crippen molar-refractivity contribution >= 4 is 12.0 Å². The second-order valence-corrected chi connectivity index (χ2v) is 5.48. The van der Waals surface area contributed by atoms with Crippen molar-refractivity contribution in [1.29, 1.82) is 0 Å². The first-order valence-corrected chi connectivity index (χ1v) is 7.30. The Labute approximate surface area is 115 Å². The molecule has 2 N–H and O–H groups in total. The second-order valence-electron chi connectivity index (χ2n) is 5.48. The average Bonchev–Trinajstić information content (AvgIpc) is 2.38. The van der Waals surface area contributed by atoms with Gasteiger partial charge in [0.1, 0.15) is 0 Å². The number of piperidine rings is 1. The van der Waals surface area contributed by atoms with E-state index in [4.69, 9.17) is 5.11 Å². The molecule has 5 nitrogen and oxygen atoms in total. The molecule has 1 rings (SSSR count). The number of carboxylic acids is 1. The van der Waals surface area contributed by atoms with Crippen LogP contribution in [0.15, 0.2) is 0 Å². The maximum absolute atomic E-state index is 12.0. The Morgan fingerprint density at radius 3 is 2.53 bits per heavy atom. The molecule has 0 aromatic heterocycles. The quantitative estimate of drug-likeness (QED) is 0.779. The number of hydrogen-bond acceptors (Lipinski definition) is 2. The molecular formula is C14H26N2O3. The molecule has 1 heterocycles. The molecule has 2 amide bonds. The zero-order valence-electron chi connectivity index (χ0n) is 12.0. The van der Waals surface area contributed by atoms with Gasteiger partial charge in [0.25, 0.3) is 0 Å². The molecule has 110 valence electrons.